The molecule has 6 rings (SSSR count). The van der Waals surface area contributed by atoms with Gasteiger partial charge in [0, 0.05) is 41.0 Å². The maximum atomic E-state index is 14.0. The molecule has 0 fully saturated rings. The molecule has 12 heteroatoms. The predicted molar refractivity (Wildman–Crippen MR) is 191 cm³/mol. The molecule has 1 N–H and O–H groups in total. The minimum absolute atomic E-state index is 0.00753. The first-order valence-electron chi connectivity index (χ1n) is 15.9. The fraction of sp³-hybridized carbons (Fsp3) is 0.128. The van der Waals surface area contributed by atoms with Gasteiger partial charge in [0.2, 0.25) is 5.39 Å². The molecule has 0 saturated heterocycles. The fourth-order valence-corrected chi connectivity index (χ4v) is 8.18. The van der Waals surface area contributed by atoms with Crippen LogP contribution in [-0.4, -0.2) is 21.9 Å². The summed E-state index contributed by atoms with van der Waals surface area (Å²) in [4.78, 5) is 2.68. The Morgan fingerprint density at radius 1 is 0.647 bits per heavy atom. The lowest BCUT2D eigenvalue weighted by Crippen LogP contribution is -2.14. The average Bonchev–Trinajstić information content (AvgIpc) is 3.12. The normalized spacial score (nSPS) is 11.6. The van der Waals surface area contributed by atoms with E-state index in [0.29, 0.717) is 39.8 Å². The molecule has 6 aromatic rings. The molecule has 6 aromatic carbocycles. The second kappa shape index (κ2) is 14.1. The van der Waals surface area contributed by atoms with Crippen LogP contribution >= 0.6 is 0 Å². The highest BCUT2D eigenvalue weighted by Gasteiger charge is 2.26. The number of benzene rings is 6. The number of nitrogens with zero attached hydrogens (tertiary/aromatic N) is 2. The van der Waals surface area contributed by atoms with Crippen LogP contribution in [0.2, 0.25) is 0 Å². The van der Waals surface area contributed by atoms with Crippen molar-refractivity contribution in [2.75, 3.05) is 0 Å². The quantitative estimate of drug-likeness (QED) is 0.105. The van der Waals surface area contributed by atoms with Gasteiger partial charge in [0.1, 0.15) is 27.0 Å². The minimum Gasteiger partial charge on any atom is -0.867 e. The molecule has 0 aliphatic carbocycles. The molecule has 10 nitrogen and oxygen atoms in total. The molecule has 258 valence electrons. The zero-order chi connectivity index (χ0) is 36.3. The third-order valence-corrected chi connectivity index (χ3v) is 11.1. The smallest absolute Gasteiger partial charge is 0.378 e. The van der Waals surface area contributed by atoms with Crippen LogP contribution in [0, 0.1) is 12.3 Å². The molecule has 0 amide bonds. The van der Waals surface area contributed by atoms with Crippen LogP contribution in [0.5, 0.6) is 23.0 Å². The van der Waals surface area contributed by atoms with Gasteiger partial charge in [-0.1, -0.05) is 91.9 Å². The Morgan fingerprint density at radius 2 is 1.20 bits per heavy atom. The monoisotopic (exact) mass is 720 g/mol. The maximum absolute atomic E-state index is 14.0. The lowest BCUT2D eigenvalue weighted by Gasteiger charge is -2.19. The molecule has 0 aromatic heterocycles. The van der Waals surface area contributed by atoms with Crippen LogP contribution in [0.4, 0.5) is 5.69 Å². The standard InChI is InChI=1S/C39H32N2O8S2/c1-3-26-12-8-14-29(38(26)49-51(46,47)35-20-10-19-33-32(35)21-22-34(41-40)37(33)43)24-30-16-9-15-28(23-27-13-7-11-25(2)36(27)42)39(30)48-50(44,45)31-17-5-4-6-18-31/h4-22H,3,23-24H2,1-2H3,(H-,42,43). The Balaban J connectivity index is 1.45. The van der Waals surface area contributed by atoms with E-state index >= 15 is 0 Å². The highest BCUT2D eigenvalue weighted by molar-refractivity contribution is 7.87. The first-order valence-corrected chi connectivity index (χ1v) is 18.8. The second-order valence-electron chi connectivity index (χ2n) is 11.9. The second-order valence-corrected chi connectivity index (χ2v) is 14.9. The van der Waals surface area contributed by atoms with Crippen molar-refractivity contribution in [1.29, 1.82) is 5.39 Å². The number of fused-ring (bicyclic) bond motifs is 1. The predicted octanol–water partition coefficient (Wildman–Crippen LogP) is 7.69. The fourth-order valence-electron chi connectivity index (χ4n) is 5.95. The van der Waals surface area contributed by atoms with Crippen molar-refractivity contribution in [1.82, 2.24) is 0 Å². The maximum Gasteiger partial charge on any atom is 0.378 e. The summed E-state index contributed by atoms with van der Waals surface area (Å²) in [6, 6.07) is 30.1. The number of phenolic OH excluding ortho intramolecular Hbond substituents is 1. The van der Waals surface area contributed by atoms with E-state index in [1.807, 2.05) is 6.92 Å². The van der Waals surface area contributed by atoms with E-state index in [1.54, 1.807) is 79.7 Å². The molecule has 0 saturated carbocycles. The molecule has 0 atom stereocenters. The van der Waals surface area contributed by atoms with Crippen molar-refractivity contribution in [2.45, 2.75) is 42.9 Å². The largest absolute Gasteiger partial charge is 0.867 e. The lowest BCUT2D eigenvalue weighted by molar-refractivity contribution is -0.264. The summed E-state index contributed by atoms with van der Waals surface area (Å²) in [6.45, 7) is 3.61. The summed E-state index contributed by atoms with van der Waals surface area (Å²) in [5, 5.41) is 32.9. The van der Waals surface area contributed by atoms with Crippen molar-refractivity contribution in [3.05, 3.63) is 154 Å². The first-order chi connectivity index (χ1) is 24.4. The van der Waals surface area contributed by atoms with E-state index in [-0.39, 0.29) is 56.3 Å². The number of phenols is 1. The summed E-state index contributed by atoms with van der Waals surface area (Å²) >= 11 is 0. The molecule has 0 unspecified atom stereocenters. The minimum atomic E-state index is -4.54. The van der Waals surface area contributed by atoms with Crippen LogP contribution in [-0.2, 0) is 39.5 Å². The highest BCUT2D eigenvalue weighted by atomic mass is 32.2. The summed E-state index contributed by atoms with van der Waals surface area (Å²) in [5.74, 6) is -0.464. The molecule has 0 aliphatic rings. The van der Waals surface area contributed by atoms with Gasteiger partial charge < -0.3 is 18.6 Å². The van der Waals surface area contributed by atoms with Gasteiger partial charge in [-0.15, -0.1) is 0 Å². The Bertz CT molecular complexity index is 2550. The number of aromatic hydroxyl groups is 1. The van der Waals surface area contributed by atoms with E-state index in [1.165, 1.54) is 42.5 Å². The molecule has 0 aliphatic heterocycles. The van der Waals surface area contributed by atoms with Crippen LogP contribution in [0.1, 0.15) is 40.3 Å². The van der Waals surface area contributed by atoms with Crippen molar-refractivity contribution in [2.24, 2.45) is 0 Å². The summed E-state index contributed by atoms with van der Waals surface area (Å²) in [5.41, 5.74) is 2.90. The van der Waals surface area contributed by atoms with Gasteiger partial charge in [0.25, 0.3) is 0 Å². The van der Waals surface area contributed by atoms with E-state index < -0.39 is 26.0 Å². The van der Waals surface area contributed by atoms with E-state index in [4.69, 9.17) is 8.37 Å². The molecular formula is C39H32N2O8S2. The number of hydrogen-bond donors (Lipinski definition) is 1. The molecule has 51 heavy (non-hydrogen) atoms. The average molecular weight is 721 g/mol. The van der Waals surface area contributed by atoms with Crippen molar-refractivity contribution in [3.63, 3.8) is 0 Å². The third kappa shape index (κ3) is 7.08. The molecule has 0 radical (unpaired) electrons. The number of para-hydroxylation sites is 3. The summed E-state index contributed by atoms with van der Waals surface area (Å²) in [6.07, 6.45) is 0.550. The lowest BCUT2D eigenvalue weighted by atomic mass is 9.95. The first kappa shape index (κ1) is 34.9. The van der Waals surface area contributed by atoms with Gasteiger partial charge in [0.05, 0.1) is 0 Å². The van der Waals surface area contributed by atoms with Gasteiger partial charge in [-0.25, -0.2) is 0 Å². The molecule has 0 heterocycles. The van der Waals surface area contributed by atoms with E-state index in [0.717, 1.165) is 0 Å². The number of diazo groups is 1. The summed E-state index contributed by atoms with van der Waals surface area (Å²) < 4.78 is 66.9. The van der Waals surface area contributed by atoms with Gasteiger partial charge >= 0.3 is 25.9 Å². The zero-order valence-corrected chi connectivity index (χ0v) is 29.2. The van der Waals surface area contributed by atoms with Crippen LogP contribution in [0.3, 0.4) is 0 Å². The van der Waals surface area contributed by atoms with Crippen molar-refractivity contribution >= 4 is 36.7 Å². The Kier molecular flexibility index (Phi) is 9.69. The number of rotatable bonds is 11. The van der Waals surface area contributed by atoms with Crippen molar-refractivity contribution in [3.8, 4) is 23.0 Å². The Labute approximate surface area is 296 Å². The molecular weight excluding hydrogens is 689 g/mol. The Morgan fingerprint density at radius 3 is 1.84 bits per heavy atom. The van der Waals surface area contributed by atoms with E-state index in [9.17, 15) is 32.4 Å². The van der Waals surface area contributed by atoms with Crippen LogP contribution < -0.4 is 13.5 Å². The van der Waals surface area contributed by atoms with Crippen LogP contribution in [0.25, 0.3) is 15.7 Å². The van der Waals surface area contributed by atoms with Crippen LogP contribution in [0.15, 0.2) is 125 Å². The van der Waals surface area contributed by atoms with Gasteiger partial charge in [0.15, 0.2) is 4.98 Å². The number of hydrogen-bond acceptors (Lipinski definition) is 9. The third-order valence-electron chi connectivity index (χ3n) is 8.57. The SMILES string of the molecule is CCc1cccc(Cc2cccc(Cc3cccc(C)c3O)c2OS(=O)(=O)c2ccccc2)c1OS(=O)(=O)c1cccc2c([O-])c([N+]#N)ccc12. The topological polar surface area (TPSA) is 158 Å². The molecule has 0 spiro atoms. The zero-order valence-electron chi connectivity index (χ0n) is 27.6. The van der Waals surface area contributed by atoms with E-state index in [2.05, 4.69) is 4.98 Å². The summed E-state index contributed by atoms with van der Waals surface area (Å²) in [7, 11) is -8.86. The van der Waals surface area contributed by atoms with Crippen molar-refractivity contribution < 1.29 is 35.4 Å². The molecule has 0 bridgehead atoms. The Hall–Kier alpha value is -5.90. The van der Waals surface area contributed by atoms with Gasteiger partial charge in [-0.3, -0.25) is 0 Å². The highest BCUT2D eigenvalue weighted by Crippen LogP contribution is 2.39. The van der Waals surface area contributed by atoms with Gasteiger partial charge in [-0.05, 0) is 65.4 Å². The van der Waals surface area contributed by atoms with Gasteiger partial charge in [-0.2, -0.15) is 16.8 Å². The number of aryl methyl sites for hydroxylation is 2.